The third kappa shape index (κ3) is 0.839. The molecule has 3 rings (SSSR count). The average molecular weight is 170 g/mol. The number of pyridine rings is 1. The van der Waals surface area contributed by atoms with E-state index < -0.39 is 0 Å². The number of benzene rings is 1. The van der Waals surface area contributed by atoms with Gasteiger partial charge in [0.2, 0.25) is 0 Å². The van der Waals surface area contributed by atoms with E-state index in [2.05, 4.69) is 10.1 Å². The Morgan fingerprint density at radius 3 is 3.00 bits per heavy atom. The highest BCUT2D eigenvalue weighted by Gasteiger charge is 2.03. The van der Waals surface area contributed by atoms with E-state index in [1.807, 2.05) is 24.3 Å². The number of nitrogens with zero attached hydrogens (tertiary/aromatic N) is 2. The van der Waals surface area contributed by atoms with Crippen LogP contribution in [0.2, 0.25) is 0 Å². The normalized spacial score (nSPS) is 11.1. The Bertz CT molecular complexity index is 571. The Hall–Kier alpha value is -1.90. The van der Waals surface area contributed by atoms with E-state index in [4.69, 9.17) is 4.52 Å². The maximum Gasteiger partial charge on any atom is 0.177 e. The van der Waals surface area contributed by atoms with Crippen LogP contribution in [0, 0.1) is 0 Å². The van der Waals surface area contributed by atoms with E-state index in [1.165, 1.54) is 0 Å². The van der Waals surface area contributed by atoms with Crippen LogP contribution in [-0.2, 0) is 0 Å². The zero-order valence-corrected chi connectivity index (χ0v) is 6.77. The van der Waals surface area contributed by atoms with Crippen molar-refractivity contribution < 1.29 is 4.52 Å². The van der Waals surface area contributed by atoms with Gasteiger partial charge < -0.3 is 4.52 Å². The molecule has 0 saturated heterocycles. The molecule has 3 heteroatoms. The van der Waals surface area contributed by atoms with Gasteiger partial charge in [-0.15, -0.1) is 0 Å². The standard InChI is InChI=1S/C10H6N2O/c1-2-4-9-8(3-1)10-7(5-11-9)6-12-13-10/h1-6H. The second kappa shape index (κ2) is 2.29. The maximum atomic E-state index is 5.14. The van der Waals surface area contributed by atoms with Crippen molar-refractivity contribution in [3.8, 4) is 0 Å². The summed E-state index contributed by atoms with van der Waals surface area (Å²) in [4.78, 5) is 4.28. The monoisotopic (exact) mass is 170 g/mol. The van der Waals surface area contributed by atoms with Gasteiger partial charge >= 0.3 is 0 Å². The predicted octanol–water partition coefficient (Wildman–Crippen LogP) is 2.38. The quantitative estimate of drug-likeness (QED) is 0.520. The largest absolute Gasteiger partial charge is 0.356 e. The third-order valence-electron chi connectivity index (χ3n) is 2.09. The molecule has 0 bridgehead atoms. The molecule has 0 N–H and O–H groups in total. The Kier molecular flexibility index (Phi) is 1.16. The van der Waals surface area contributed by atoms with E-state index in [-0.39, 0.29) is 0 Å². The highest BCUT2D eigenvalue weighted by atomic mass is 16.5. The molecule has 62 valence electrons. The van der Waals surface area contributed by atoms with Crippen molar-refractivity contribution in [3.05, 3.63) is 36.7 Å². The van der Waals surface area contributed by atoms with Crippen LogP contribution >= 0.6 is 0 Å². The Labute approximate surface area is 74.0 Å². The van der Waals surface area contributed by atoms with E-state index in [0.717, 1.165) is 21.9 Å². The summed E-state index contributed by atoms with van der Waals surface area (Å²) in [5.74, 6) is 0. The van der Waals surface area contributed by atoms with Gasteiger partial charge in [0.1, 0.15) is 0 Å². The van der Waals surface area contributed by atoms with Gasteiger partial charge in [-0.05, 0) is 12.1 Å². The predicted molar refractivity (Wildman–Crippen MR) is 49.3 cm³/mol. The van der Waals surface area contributed by atoms with E-state index in [9.17, 15) is 0 Å². The molecule has 3 nitrogen and oxygen atoms in total. The molecule has 1 aromatic carbocycles. The van der Waals surface area contributed by atoms with Crippen molar-refractivity contribution in [2.45, 2.75) is 0 Å². The zero-order valence-electron chi connectivity index (χ0n) is 6.77. The minimum Gasteiger partial charge on any atom is -0.356 e. The highest BCUT2D eigenvalue weighted by molar-refractivity contribution is 6.01. The lowest BCUT2D eigenvalue weighted by molar-refractivity contribution is 0.458. The fourth-order valence-electron chi connectivity index (χ4n) is 1.46. The van der Waals surface area contributed by atoms with Crippen LogP contribution < -0.4 is 0 Å². The third-order valence-corrected chi connectivity index (χ3v) is 2.09. The molecule has 0 atom stereocenters. The summed E-state index contributed by atoms with van der Waals surface area (Å²) in [5.41, 5.74) is 1.75. The number of rotatable bonds is 0. The highest BCUT2D eigenvalue weighted by Crippen LogP contribution is 2.22. The lowest BCUT2D eigenvalue weighted by atomic mass is 10.2. The van der Waals surface area contributed by atoms with E-state index in [0.29, 0.717) is 0 Å². The first-order chi connectivity index (χ1) is 6.45. The van der Waals surface area contributed by atoms with Gasteiger partial charge in [-0.1, -0.05) is 17.3 Å². The molecule has 0 unspecified atom stereocenters. The Balaban J connectivity index is 2.65. The summed E-state index contributed by atoms with van der Waals surface area (Å²) in [7, 11) is 0. The molecule has 3 aromatic rings. The molecular weight excluding hydrogens is 164 g/mol. The van der Waals surface area contributed by atoms with E-state index in [1.54, 1.807) is 12.4 Å². The van der Waals surface area contributed by atoms with E-state index >= 15 is 0 Å². The Morgan fingerprint density at radius 2 is 2.00 bits per heavy atom. The van der Waals surface area contributed by atoms with Gasteiger partial charge in [0.05, 0.1) is 17.1 Å². The first kappa shape index (κ1) is 6.60. The zero-order chi connectivity index (χ0) is 8.67. The van der Waals surface area contributed by atoms with Crippen molar-refractivity contribution in [3.63, 3.8) is 0 Å². The van der Waals surface area contributed by atoms with Crippen molar-refractivity contribution in [2.75, 3.05) is 0 Å². The molecule has 2 aromatic heterocycles. The summed E-state index contributed by atoms with van der Waals surface area (Å²) in [6.45, 7) is 0. The molecule has 0 aliphatic heterocycles. The number of fused-ring (bicyclic) bond motifs is 3. The number of hydrogen-bond donors (Lipinski definition) is 0. The second-order valence-corrected chi connectivity index (χ2v) is 2.89. The molecule has 0 fully saturated rings. The molecule has 0 aliphatic carbocycles. The SMILES string of the molecule is c1ccc2c(c1)ncc1cnoc12. The van der Waals surface area contributed by atoms with Crippen molar-refractivity contribution in [1.29, 1.82) is 0 Å². The lowest BCUT2D eigenvalue weighted by Gasteiger charge is -1.94. The van der Waals surface area contributed by atoms with Crippen LogP contribution in [0.15, 0.2) is 41.2 Å². The Morgan fingerprint density at radius 1 is 1.08 bits per heavy atom. The molecule has 0 radical (unpaired) electrons. The van der Waals surface area contributed by atoms with Crippen molar-refractivity contribution >= 4 is 21.9 Å². The van der Waals surface area contributed by atoms with Gasteiger partial charge in [0.15, 0.2) is 5.58 Å². The van der Waals surface area contributed by atoms with Crippen LogP contribution in [0.4, 0.5) is 0 Å². The summed E-state index contributed by atoms with van der Waals surface area (Å²) in [5, 5.41) is 5.69. The van der Waals surface area contributed by atoms with Crippen LogP contribution in [0.5, 0.6) is 0 Å². The first-order valence-electron chi connectivity index (χ1n) is 4.03. The molecule has 13 heavy (non-hydrogen) atoms. The van der Waals surface area contributed by atoms with Gasteiger partial charge in [-0.2, -0.15) is 0 Å². The minimum absolute atomic E-state index is 0.811. The van der Waals surface area contributed by atoms with Crippen LogP contribution in [0.3, 0.4) is 0 Å². The number of aromatic nitrogens is 2. The van der Waals surface area contributed by atoms with Crippen molar-refractivity contribution in [1.82, 2.24) is 10.1 Å². The van der Waals surface area contributed by atoms with Gasteiger partial charge in [-0.25, -0.2) is 0 Å². The van der Waals surface area contributed by atoms with Gasteiger partial charge in [0.25, 0.3) is 0 Å². The minimum atomic E-state index is 0.811. The maximum absolute atomic E-state index is 5.14. The van der Waals surface area contributed by atoms with Crippen LogP contribution in [-0.4, -0.2) is 10.1 Å². The molecule has 0 saturated carbocycles. The topological polar surface area (TPSA) is 38.9 Å². The molecule has 0 amide bonds. The molecule has 0 aliphatic rings. The molecule has 2 heterocycles. The van der Waals surface area contributed by atoms with Gasteiger partial charge in [-0.3, -0.25) is 4.98 Å². The van der Waals surface area contributed by atoms with Crippen molar-refractivity contribution in [2.24, 2.45) is 0 Å². The smallest absolute Gasteiger partial charge is 0.177 e. The van der Waals surface area contributed by atoms with Crippen LogP contribution in [0.25, 0.3) is 21.9 Å². The van der Waals surface area contributed by atoms with Gasteiger partial charge in [0, 0.05) is 11.6 Å². The second-order valence-electron chi connectivity index (χ2n) is 2.89. The average Bonchev–Trinajstić information content (AvgIpc) is 2.65. The number of hydrogen-bond acceptors (Lipinski definition) is 3. The van der Waals surface area contributed by atoms with Crippen LogP contribution in [0.1, 0.15) is 0 Å². The molecule has 0 spiro atoms. The summed E-state index contributed by atoms with van der Waals surface area (Å²) in [6, 6.07) is 7.86. The summed E-state index contributed by atoms with van der Waals surface area (Å²) >= 11 is 0. The summed E-state index contributed by atoms with van der Waals surface area (Å²) < 4.78 is 5.14. The first-order valence-corrected chi connectivity index (χ1v) is 4.03. The summed E-state index contributed by atoms with van der Waals surface area (Å²) in [6.07, 6.45) is 3.45. The molecular formula is C10H6N2O. The lowest BCUT2D eigenvalue weighted by Crippen LogP contribution is -1.76. The number of para-hydroxylation sites is 1. The fraction of sp³-hybridized carbons (Fsp3) is 0. The fourth-order valence-corrected chi connectivity index (χ4v) is 1.46.